The molecule has 0 saturated heterocycles. The Labute approximate surface area is 119 Å². The van der Waals surface area contributed by atoms with Crippen LogP contribution >= 0.6 is 15.9 Å². The molecule has 0 fully saturated rings. The molecule has 1 aromatic carbocycles. The van der Waals surface area contributed by atoms with E-state index in [9.17, 15) is 4.39 Å². The Morgan fingerprint density at radius 3 is 2.53 bits per heavy atom. The molecule has 0 aliphatic rings. The number of nitrogens with one attached hydrogen (secondary N) is 2. The van der Waals surface area contributed by atoms with Gasteiger partial charge in [0.05, 0.1) is 0 Å². The van der Waals surface area contributed by atoms with Crippen molar-refractivity contribution in [1.29, 1.82) is 0 Å². The summed E-state index contributed by atoms with van der Waals surface area (Å²) in [5, 5.41) is 6.20. The van der Waals surface area contributed by atoms with E-state index < -0.39 is 0 Å². The molecule has 0 saturated carbocycles. The molecule has 6 heteroatoms. The zero-order valence-electron chi connectivity index (χ0n) is 10.5. The number of benzene rings is 1. The third-order valence-electron chi connectivity index (χ3n) is 2.54. The van der Waals surface area contributed by atoms with E-state index in [2.05, 4.69) is 36.5 Å². The largest absolute Gasteiger partial charge is 0.369 e. The molecule has 2 N–H and O–H groups in total. The van der Waals surface area contributed by atoms with Gasteiger partial charge in [-0.3, -0.25) is 0 Å². The maximum Gasteiger partial charge on any atom is 0.146 e. The van der Waals surface area contributed by atoms with Crippen molar-refractivity contribution in [1.82, 2.24) is 9.97 Å². The van der Waals surface area contributed by atoms with E-state index >= 15 is 0 Å². The smallest absolute Gasteiger partial charge is 0.146 e. The quantitative estimate of drug-likeness (QED) is 0.884. The topological polar surface area (TPSA) is 49.8 Å². The predicted molar refractivity (Wildman–Crippen MR) is 77.6 cm³/mol. The van der Waals surface area contributed by atoms with Crippen LogP contribution in [0.3, 0.4) is 0 Å². The van der Waals surface area contributed by atoms with Gasteiger partial charge in [-0.2, -0.15) is 0 Å². The fourth-order valence-electron chi connectivity index (χ4n) is 1.60. The summed E-state index contributed by atoms with van der Waals surface area (Å²) in [6.07, 6.45) is 1.46. The minimum atomic E-state index is -0.230. The van der Waals surface area contributed by atoms with Crippen LogP contribution in [0.1, 0.15) is 12.5 Å². The van der Waals surface area contributed by atoms with Gasteiger partial charge in [0.25, 0.3) is 0 Å². The van der Waals surface area contributed by atoms with Crippen molar-refractivity contribution in [3.05, 3.63) is 46.4 Å². The number of rotatable bonds is 5. The predicted octanol–water partition coefficient (Wildman–Crippen LogP) is 3.42. The van der Waals surface area contributed by atoms with Crippen LogP contribution in [0.2, 0.25) is 0 Å². The van der Waals surface area contributed by atoms with Crippen molar-refractivity contribution in [2.75, 3.05) is 17.2 Å². The van der Waals surface area contributed by atoms with Crippen molar-refractivity contribution in [2.24, 2.45) is 0 Å². The van der Waals surface area contributed by atoms with Crippen LogP contribution in [0.5, 0.6) is 0 Å². The second-order valence-electron chi connectivity index (χ2n) is 3.86. The van der Waals surface area contributed by atoms with Gasteiger partial charge in [0, 0.05) is 18.7 Å². The monoisotopic (exact) mass is 324 g/mol. The van der Waals surface area contributed by atoms with Crippen LogP contribution in [-0.4, -0.2) is 16.5 Å². The molecule has 0 atom stereocenters. The molecule has 4 nitrogen and oxygen atoms in total. The van der Waals surface area contributed by atoms with E-state index in [1.165, 1.54) is 12.4 Å². The van der Waals surface area contributed by atoms with Crippen molar-refractivity contribution < 1.29 is 4.39 Å². The average molecular weight is 325 g/mol. The van der Waals surface area contributed by atoms with Gasteiger partial charge in [-0.15, -0.1) is 0 Å². The Balaban J connectivity index is 2.12. The summed E-state index contributed by atoms with van der Waals surface area (Å²) in [4.78, 5) is 8.25. The number of hydrogen-bond donors (Lipinski definition) is 2. The molecule has 19 heavy (non-hydrogen) atoms. The lowest BCUT2D eigenvalue weighted by molar-refractivity contribution is 0.613. The number of halogens is 2. The van der Waals surface area contributed by atoms with E-state index in [4.69, 9.17) is 0 Å². The minimum absolute atomic E-state index is 0.230. The first-order valence-corrected chi connectivity index (χ1v) is 6.73. The normalized spacial score (nSPS) is 10.3. The molecule has 100 valence electrons. The summed E-state index contributed by atoms with van der Waals surface area (Å²) in [6, 6.07) is 6.65. The Morgan fingerprint density at radius 2 is 1.84 bits per heavy atom. The summed E-state index contributed by atoms with van der Waals surface area (Å²) in [5.41, 5.74) is 0.595. The third-order valence-corrected chi connectivity index (χ3v) is 3.29. The highest BCUT2D eigenvalue weighted by molar-refractivity contribution is 9.10. The summed E-state index contributed by atoms with van der Waals surface area (Å²) < 4.78 is 14.2. The number of nitrogens with zero attached hydrogens (tertiary/aromatic N) is 2. The van der Waals surface area contributed by atoms with Crippen LogP contribution in [0.4, 0.5) is 16.0 Å². The molecule has 0 amide bonds. The Morgan fingerprint density at radius 1 is 1.16 bits per heavy atom. The summed E-state index contributed by atoms with van der Waals surface area (Å²) in [7, 11) is 0. The molecule has 2 rings (SSSR count). The molecule has 1 heterocycles. The van der Waals surface area contributed by atoms with Gasteiger partial charge >= 0.3 is 0 Å². The van der Waals surface area contributed by atoms with Gasteiger partial charge in [-0.25, -0.2) is 14.4 Å². The van der Waals surface area contributed by atoms with Crippen LogP contribution in [-0.2, 0) is 6.54 Å². The summed E-state index contributed by atoms with van der Waals surface area (Å²) in [5.74, 6) is 1.12. The molecular weight excluding hydrogens is 311 g/mol. The van der Waals surface area contributed by atoms with Crippen LogP contribution in [0.25, 0.3) is 0 Å². The molecule has 0 spiro atoms. The van der Waals surface area contributed by atoms with E-state index in [1.54, 1.807) is 18.2 Å². The lowest BCUT2D eigenvalue weighted by Crippen LogP contribution is -2.07. The second-order valence-corrected chi connectivity index (χ2v) is 4.65. The first-order chi connectivity index (χ1) is 9.22. The lowest BCUT2D eigenvalue weighted by atomic mass is 10.2. The fraction of sp³-hybridized carbons (Fsp3) is 0.231. The summed E-state index contributed by atoms with van der Waals surface area (Å²) in [6.45, 7) is 3.12. The van der Waals surface area contributed by atoms with Gasteiger partial charge in [-0.05, 0) is 28.9 Å². The van der Waals surface area contributed by atoms with Gasteiger partial charge in [0.15, 0.2) is 0 Å². The Bertz CT molecular complexity index is 562. The van der Waals surface area contributed by atoms with Gasteiger partial charge in [-0.1, -0.05) is 18.2 Å². The van der Waals surface area contributed by atoms with E-state index in [0.717, 1.165) is 11.0 Å². The van der Waals surface area contributed by atoms with Crippen molar-refractivity contribution >= 4 is 27.6 Å². The van der Waals surface area contributed by atoms with Gasteiger partial charge in [0.1, 0.15) is 28.3 Å². The van der Waals surface area contributed by atoms with Crippen molar-refractivity contribution in [2.45, 2.75) is 13.5 Å². The van der Waals surface area contributed by atoms with E-state index in [0.29, 0.717) is 23.7 Å². The average Bonchev–Trinajstić information content (AvgIpc) is 2.42. The Kier molecular flexibility index (Phi) is 4.68. The number of anilines is 2. The first kappa shape index (κ1) is 13.7. The van der Waals surface area contributed by atoms with Crippen molar-refractivity contribution in [3.63, 3.8) is 0 Å². The zero-order valence-corrected chi connectivity index (χ0v) is 12.0. The molecule has 0 radical (unpaired) electrons. The first-order valence-electron chi connectivity index (χ1n) is 5.94. The maximum absolute atomic E-state index is 13.5. The zero-order chi connectivity index (χ0) is 13.7. The molecule has 0 unspecified atom stereocenters. The molecule has 0 bridgehead atoms. The SMILES string of the molecule is CCNc1ncnc(NCc2ccccc2F)c1Br. The third kappa shape index (κ3) is 3.41. The fourth-order valence-corrected chi connectivity index (χ4v) is 2.09. The highest BCUT2D eigenvalue weighted by atomic mass is 79.9. The lowest BCUT2D eigenvalue weighted by Gasteiger charge is -2.11. The van der Waals surface area contributed by atoms with E-state index in [-0.39, 0.29) is 5.82 Å². The molecule has 2 aromatic rings. The molecule has 1 aromatic heterocycles. The highest BCUT2D eigenvalue weighted by Gasteiger charge is 2.08. The van der Waals surface area contributed by atoms with Gasteiger partial charge < -0.3 is 10.6 Å². The van der Waals surface area contributed by atoms with Crippen LogP contribution in [0, 0.1) is 5.82 Å². The van der Waals surface area contributed by atoms with Crippen molar-refractivity contribution in [3.8, 4) is 0 Å². The van der Waals surface area contributed by atoms with E-state index in [1.807, 2.05) is 6.92 Å². The Hall–Kier alpha value is -1.69. The molecule has 0 aliphatic carbocycles. The summed E-state index contributed by atoms with van der Waals surface area (Å²) >= 11 is 3.43. The van der Waals surface area contributed by atoms with Gasteiger partial charge in [0.2, 0.25) is 0 Å². The number of hydrogen-bond acceptors (Lipinski definition) is 4. The standard InChI is InChI=1S/C13H14BrFN4/c1-2-16-12-11(14)13(19-8-18-12)17-7-9-5-3-4-6-10(9)15/h3-6,8H,2,7H2,1H3,(H2,16,17,18,19). The molecular formula is C13H14BrFN4. The second kappa shape index (κ2) is 6.47. The maximum atomic E-state index is 13.5. The minimum Gasteiger partial charge on any atom is -0.369 e. The number of aromatic nitrogens is 2. The highest BCUT2D eigenvalue weighted by Crippen LogP contribution is 2.26. The van der Waals surface area contributed by atoms with Crippen LogP contribution < -0.4 is 10.6 Å². The molecule has 0 aliphatic heterocycles. The van der Waals surface area contributed by atoms with Crippen LogP contribution in [0.15, 0.2) is 35.1 Å².